The molecule has 2 aromatic heterocycles. The molecular weight excluding hydrogens is 352 g/mol. The number of hydrogen-bond donors (Lipinski definition) is 2. The molecule has 7 heteroatoms. The summed E-state index contributed by atoms with van der Waals surface area (Å²) in [5.41, 5.74) is 8.40. The number of benzene rings is 1. The molecule has 0 unspecified atom stereocenters. The number of H-pyrrole nitrogens is 1. The van der Waals surface area contributed by atoms with Gasteiger partial charge < -0.3 is 15.6 Å². The predicted molar refractivity (Wildman–Crippen MR) is 103 cm³/mol. The summed E-state index contributed by atoms with van der Waals surface area (Å²) in [7, 11) is 0. The second-order valence-electron chi connectivity index (χ2n) is 6.05. The summed E-state index contributed by atoms with van der Waals surface area (Å²) in [6.45, 7) is 3.89. The molecule has 0 fully saturated rings. The van der Waals surface area contributed by atoms with Crippen molar-refractivity contribution < 1.29 is 9.59 Å². The summed E-state index contributed by atoms with van der Waals surface area (Å²) in [6.07, 6.45) is 1.59. The second kappa shape index (κ2) is 7.27. The number of nitrogens with one attached hydrogen (secondary N) is 1. The van der Waals surface area contributed by atoms with Crippen molar-refractivity contribution in [2.75, 3.05) is 18.0 Å². The number of pyridine rings is 1. The molecule has 0 saturated carbocycles. The van der Waals surface area contributed by atoms with Crippen LogP contribution in [-0.4, -0.2) is 34.7 Å². The molecule has 3 rings (SSSR count). The number of carbonyl (C=O) groups is 2. The van der Waals surface area contributed by atoms with E-state index >= 15 is 0 Å². The second-order valence-corrected chi connectivity index (χ2v) is 6.48. The lowest BCUT2D eigenvalue weighted by Gasteiger charge is -2.21. The highest BCUT2D eigenvalue weighted by molar-refractivity contribution is 6.32. The Kier molecular flexibility index (Phi) is 5.06. The molecule has 0 aliphatic carbocycles. The lowest BCUT2D eigenvalue weighted by molar-refractivity contribution is -0.116. The lowest BCUT2D eigenvalue weighted by atomic mass is 10.1. The monoisotopic (exact) mass is 370 g/mol. The van der Waals surface area contributed by atoms with Crippen LogP contribution >= 0.6 is 11.6 Å². The number of fused-ring (bicyclic) bond motifs is 1. The Morgan fingerprint density at radius 3 is 2.69 bits per heavy atom. The first kappa shape index (κ1) is 18.1. The number of halogens is 1. The van der Waals surface area contributed by atoms with E-state index in [0.717, 1.165) is 5.56 Å². The molecule has 2 heterocycles. The summed E-state index contributed by atoms with van der Waals surface area (Å²) < 4.78 is 0. The predicted octanol–water partition coefficient (Wildman–Crippen LogP) is 3.07. The number of aromatic amines is 1. The molecule has 1 aromatic carbocycles. The first-order chi connectivity index (χ1) is 12.4. The minimum Gasteiger partial charge on any atom is -0.350 e. The number of nitrogens with zero attached hydrogens (tertiary/aromatic N) is 2. The van der Waals surface area contributed by atoms with E-state index in [1.54, 1.807) is 30.5 Å². The van der Waals surface area contributed by atoms with E-state index in [-0.39, 0.29) is 24.8 Å². The highest BCUT2D eigenvalue weighted by Gasteiger charge is 2.26. The fourth-order valence-electron chi connectivity index (χ4n) is 2.94. The number of aromatic nitrogens is 2. The van der Waals surface area contributed by atoms with Crippen LogP contribution < -0.4 is 10.6 Å². The van der Waals surface area contributed by atoms with Crippen molar-refractivity contribution in [2.45, 2.75) is 13.8 Å². The third-order valence-corrected chi connectivity index (χ3v) is 4.35. The zero-order valence-corrected chi connectivity index (χ0v) is 15.3. The van der Waals surface area contributed by atoms with Crippen LogP contribution in [0.5, 0.6) is 0 Å². The zero-order valence-electron chi connectivity index (χ0n) is 14.5. The fraction of sp³-hybridized carbons (Fsp3) is 0.211. The van der Waals surface area contributed by atoms with Crippen LogP contribution in [0.1, 0.15) is 28.7 Å². The van der Waals surface area contributed by atoms with E-state index in [4.69, 9.17) is 17.3 Å². The Hall–Kier alpha value is -2.70. The van der Waals surface area contributed by atoms with Gasteiger partial charge in [-0.2, -0.15) is 0 Å². The molecule has 134 valence electrons. The van der Waals surface area contributed by atoms with Gasteiger partial charge in [0.15, 0.2) is 0 Å². The molecule has 0 bridgehead atoms. The van der Waals surface area contributed by atoms with Gasteiger partial charge in [0.05, 0.1) is 5.69 Å². The van der Waals surface area contributed by atoms with Crippen molar-refractivity contribution in [3.63, 3.8) is 0 Å². The van der Waals surface area contributed by atoms with E-state index in [0.29, 0.717) is 33.0 Å². The maximum Gasteiger partial charge on any atom is 0.229 e. The lowest BCUT2D eigenvalue weighted by Crippen LogP contribution is -2.34. The molecule has 0 atom stereocenters. The van der Waals surface area contributed by atoms with Crippen molar-refractivity contribution in [1.82, 2.24) is 9.97 Å². The summed E-state index contributed by atoms with van der Waals surface area (Å²) in [5, 5.41) is 1.21. The molecule has 0 radical (unpaired) electrons. The topological polar surface area (TPSA) is 92.1 Å². The third kappa shape index (κ3) is 3.34. The van der Waals surface area contributed by atoms with Crippen molar-refractivity contribution in [3.8, 4) is 0 Å². The van der Waals surface area contributed by atoms with Crippen molar-refractivity contribution in [1.29, 1.82) is 0 Å². The quantitative estimate of drug-likeness (QED) is 0.675. The van der Waals surface area contributed by atoms with Gasteiger partial charge in [-0.15, -0.1) is 0 Å². The van der Waals surface area contributed by atoms with Gasteiger partial charge in [0.1, 0.15) is 11.4 Å². The molecule has 0 aliphatic heterocycles. The highest BCUT2D eigenvalue weighted by Crippen LogP contribution is 2.34. The highest BCUT2D eigenvalue weighted by atomic mass is 35.5. The summed E-state index contributed by atoms with van der Waals surface area (Å²) in [5.74, 6) is -0.498. The number of aryl methyl sites for hydroxylation is 1. The molecule has 3 N–H and O–H groups in total. The molecule has 6 nitrogen and oxygen atoms in total. The molecule has 3 aromatic rings. The Labute approximate surface area is 156 Å². The summed E-state index contributed by atoms with van der Waals surface area (Å²) in [4.78, 5) is 34.1. The van der Waals surface area contributed by atoms with Gasteiger partial charge in [-0.1, -0.05) is 11.6 Å². The summed E-state index contributed by atoms with van der Waals surface area (Å²) >= 11 is 6.14. The van der Waals surface area contributed by atoms with Crippen LogP contribution in [-0.2, 0) is 4.79 Å². The third-order valence-electron chi connectivity index (χ3n) is 4.11. The van der Waals surface area contributed by atoms with Crippen molar-refractivity contribution in [2.24, 2.45) is 5.73 Å². The molecule has 1 amide bonds. The van der Waals surface area contributed by atoms with Gasteiger partial charge in [-0.3, -0.25) is 14.6 Å². The van der Waals surface area contributed by atoms with Gasteiger partial charge in [-0.05, 0) is 42.8 Å². The molecule has 26 heavy (non-hydrogen) atoms. The van der Waals surface area contributed by atoms with Crippen LogP contribution in [0.2, 0.25) is 5.02 Å². The minimum atomic E-state index is -0.292. The van der Waals surface area contributed by atoms with Crippen molar-refractivity contribution in [3.05, 3.63) is 58.5 Å². The van der Waals surface area contributed by atoms with E-state index in [2.05, 4.69) is 9.97 Å². The number of carbonyl (C=O) groups excluding carboxylic acids is 2. The average Bonchev–Trinajstić information content (AvgIpc) is 2.97. The molecule has 0 aliphatic rings. The number of amides is 1. The standard InChI is InChI=1S/C19H19ClN4O2/c1-11-5-7-22-16(9-11)19(26)17-18(24(8-6-21)12(2)25)14-10-13(20)3-4-15(14)23-17/h3-5,7,9-10,23H,6,8,21H2,1-2H3. The number of rotatable bonds is 5. The molecule has 0 saturated heterocycles. The molecular formula is C19H19ClN4O2. The molecule has 0 spiro atoms. The summed E-state index contributed by atoms with van der Waals surface area (Å²) in [6, 6.07) is 8.77. The Balaban J connectivity index is 2.25. The maximum atomic E-state index is 13.1. The van der Waals surface area contributed by atoms with E-state index in [1.165, 1.54) is 11.8 Å². The van der Waals surface area contributed by atoms with Gasteiger partial charge in [0.25, 0.3) is 0 Å². The van der Waals surface area contributed by atoms with Crippen LogP contribution in [0.3, 0.4) is 0 Å². The maximum absolute atomic E-state index is 13.1. The fourth-order valence-corrected chi connectivity index (χ4v) is 3.11. The van der Waals surface area contributed by atoms with Crippen LogP contribution in [0.15, 0.2) is 36.5 Å². The minimum absolute atomic E-state index is 0.206. The first-order valence-corrected chi connectivity index (χ1v) is 8.57. The average molecular weight is 371 g/mol. The van der Waals surface area contributed by atoms with Crippen LogP contribution in [0.25, 0.3) is 10.9 Å². The van der Waals surface area contributed by atoms with Crippen LogP contribution in [0, 0.1) is 6.92 Å². The zero-order chi connectivity index (χ0) is 18.8. The van der Waals surface area contributed by atoms with Crippen LogP contribution in [0.4, 0.5) is 5.69 Å². The van der Waals surface area contributed by atoms with Gasteiger partial charge in [0, 0.05) is 42.1 Å². The largest absolute Gasteiger partial charge is 0.350 e. The number of hydrogen-bond acceptors (Lipinski definition) is 4. The first-order valence-electron chi connectivity index (χ1n) is 8.19. The van der Waals surface area contributed by atoms with Gasteiger partial charge >= 0.3 is 0 Å². The van der Waals surface area contributed by atoms with Gasteiger partial charge in [-0.25, -0.2) is 0 Å². The van der Waals surface area contributed by atoms with E-state index < -0.39 is 0 Å². The SMILES string of the molecule is CC(=O)N(CCN)c1c(C(=O)c2cc(C)ccn2)[nH]c2ccc(Cl)cc12. The smallest absolute Gasteiger partial charge is 0.229 e. The Bertz CT molecular complexity index is 996. The van der Waals surface area contributed by atoms with Crippen molar-refractivity contribution >= 4 is 39.9 Å². The Morgan fingerprint density at radius 2 is 2.04 bits per heavy atom. The Morgan fingerprint density at radius 1 is 1.27 bits per heavy atom. The number of nitrogens with two attached hydrogens (primary N) is 1. The van der Waals surface area contributed by atoms with E-state index in [9.17, 15) is 9.59 Å². The number of ketones is 1. The van der Waals surface area contributed by atoms with Gasteiger partial charge in [0.2, 0.25) is 11.7 Å². The van der Waals surface area contributed by atoms with E-state index in [1.807, 2.05) is 13.0 Å². The normalized spacial score (nSPS) is 10.9. The number of anilines is 1.